The number of carbonyl (C=O) groups is 1. The summed E-state index contributed by atoms with van der Waals surface area (Å²) >= 11 is 0. The van der Waals surface area contributed by atoms with Gasteiger partial charge >= 0.3 is 0 Å². The molecule has 1 aromatic heterocycles. The summed E-state index contributed by atoms with van der Waals surface area (Å²) in [5, 5.41) is 20.0. The molecule has 0 aliphatic heterocycles. The third kappa shape index (κ3) is 4.18. The molecule has 1 aromatic carbocycles. The van der Waals surface area contributed by atoms with Gasteiger partial charge in [0.2, 0.25) is 5.91 Å². The lowest BCUT2D eigenvalue weighted by Gasteiger charge is -2.20. The molecule has 0 saturated carbocycles. The zero-order valence-electron chi connectivity index (χ0n) is 13.3. The predicted molar refractivity (Wildman–Crippen MR) is 85.5 cm³/mol. The summed E-state index contributed by atoms with van der Waals surface area (Å²) in [5.41, 5.74) is 3.72. The van der Waals surface area contributed by atoms with Crippen molar-refractivity contribution < 1.29 is 9.90 Å². The molecule has 0 spiro atoms. The molecule has 2 aromatic rings. The highest BCUT2D eigenvalue weighted by molar-refractivity contribution is 5.79. The average molecular weight is 301 g/mol. The van der Waals surface area contributed by atoms with Crippen LogP contribution in [0.15, 0.2) is 30.3 Å². The van der Waals surface area contributed by atoms with E-state index in [4.69, 9.17) is 0 Å². The Kier molecular flexibility index (Phi) is 5.33. The highest BCUT2D eigenvalue weighted by Crippen LogP contribution is 2.11. The number of aromatic nitrogens is 2. The van der Waals surface area contributed by atoms with Crippen LogP contribution in [0.1, 0.15) is 29.4 Å². The number of carbonyl (C=O) groups excluding carboxylic acids is 1. The van der Waals surface area contributed by atoms with E-state index in [2.05, 4.69) is 15.5 Å². The number of nitrogens with one attached hydrogen (secondary N) is 2. The van der Waals surface area contributed by atoms with Gasteiger partial charge in [-0.2, -0.15) is 5.10 Å². The van der Waals surface area contributed by atoms with Crippen LogP contribution in [0.2, 0.25) is 0 Å². The zero-order valence-corrected chi connectivity index (χ0v) is 13.3. The topological polar surface area (TPSA) is 78.0 Å². The Morgan fingerprint density at radius 2 is 2.00 bits per heavy atom. The molecule has 5 heteroatoms. The number of hydrogen-bond acceptors (Lipinski definition) is 3. The van der Waals surface area contributed by atoms with Gasteiger partial charge in [0.25, 0.3) is 0 Å². The molecule has 2 rings (SSSR count). The van der Waals surface area contributed by atoms with E-state index < -0.39 is 6.10 Å². The maximum absolute atomic E-state index is 12.1. The molecule has 0 aliphatic carbocycles. The maximum atomic E-state index is 12.1. The Balaban J connectivity index is 1.88. The Hall–Kier alpha value is -2.14. The SMILES string of the molecule is Cc1n[nH]c(C)c1CC(=O)N[C@@H](C)[C@H](O)Cc1ccccc1. The first-order valence-electron chi connectivity index (χ1n) is 7.49. The second-order valence-corrected chi connectivity index (χ2v) is 5.70. The van der Waals surface area contributed by atoms with E-state index in [0.29, 0.717) is 6.42 Å². The van der Waals surface area contributed by atoms with Crippen LogP contribution in [0.4, 0.5) is 0 Å². The van der Waals surface area contributed by atoms with Crippen LogP contribution in [0.3, 0.4) is 0 Å². The second-order valence-electron chi connectivity index (χ2n) is 5.70. The van der Waals surface area contributed by atoms with Crippen LogP contribution in [0, 0.1) is 13.8 Å². The fourth-order valence-corrected chi connectivity index (χ4v) is 2.43. The number of hydrogen-bond donors (Lipinski definition) is 3. The molecule has 3 N–H and O–H groups in total. The summed E-state index contributed by atoms with van der Waals surface area (Å²) < 4.78 is 0. The molecule has 118 valence electrons. The first-order valence-corrected chi connectivity index (χ1v) is 7.49. The Labute approximate surface area is 130 Å². The standard InChI is InChI=1S/C17H23N3O2/c1-11-15(12(2)20-19-11)10-17(22)18-13(3)16(21)9-14-7-5-4-6-8-14/h4-8,13,16,21H,9-10H2,1-3H3,(H,18,22)(H,19,20)/t13-,16+/m0/s1. The van der Waals surface area contributed by atoms with Crippen LogP contribution < -0.4 is 5.32 Å². The third-order valence-electron chi connectivity index (χ3n) is 3.87. The lowest BCUT2D eigenvalue weighted by Crippen LogP contribution is -2.42. The van der Waals surface area contributed by atoms with Crippen LogP contribution >= 0.6 is 0 Å². The van der Waals surface area contributed by atoms with Gasteiger partial charge in [-0.05, 0) is 26.3 Å². The number of nitrogens with zero attached hydrogens (tertiary/aromatic N) is 1. The number of aromatic amines is 1. The van der Waals surface area contributed by atoms with Crippen molar-refractivity contribution in [1.82, 2.24) is 15.5 Å². The van der Waals surface area contributed by atoms with Gasteiger partial charge in [0.05, 0.1) is 24.3 Å². The average Bonchev–Trinajstić information content (AvgIpc) is 2.80. The minimum absolute atomic E-state index is 0.104. The van der Waals surface area contributed by atoms with E-state index in [9.17, 15) is 9.90 Å². The molecule has 1 amide bonds. The van der Waals surface area contributed by atoms with E-state index in [1.54, 1.807) is 0 Å². The lowest BCUT2D eigenvalue weighted by molar-refractivity contribution is -0.121. The molecule has 0 bridgehead atoms. The van der Waals surface area contributed by atoms with E-state index in [1.807, 2.05) is 51.1 Å². The second kappa shape index (κ2) is 7.22. The fourth-order valence-electron chi connectivity index (χ4n) is 2.43. The van der Waals surface area contributed by atoms with E-state index in [1.165, 1.54) is 0 Å². The van der Waals surface area contributed by atoms with Crippen LogP contribution in [-0.2, 0) is 17.6 Å². The van der Waals surface area contributed by atoms with Crippen LogP contribution in [0.5, 0.6) is 0 Å². The van der Waals surface area contributed by atoms with Crippen molar-refractivity contribution in [1.29, 1.82) is 0 Å². The highest BCUT2D eigenvalue weighted by atomic mass is 16.3. The minimum atomic E-state index is -0.613. The van der Waals surface area contributed by atoms with E-state index >= 15 is 0 Å². The van der Waals surface area contributed by atoms with Gasteiger partial charge in [-0.15, -0.1) is 0 Å². The normalized spacial score (nSPS) is 13.6. The molecule has 5 nitrogen and oxygen atoms in total. The van der Waals surface area contributed by atoms with Crippen molar-refractivity contribution in [2.45, 2.75) is 45.8 Å². The highest BCUT2D eigenvalue weighted by Gasteiger charge is 2.18. The molecular formula is C17H23N3O2. The van der Waals surface area contributed by atoms with Crippen molar-refractivity contribution in [3.8, 4) is 0 Å². The first-order chi connectivity index (χ1) is 10.5. The zero-order chi connectivity index (χ0) is 16.1. The lowest BCUT2D eigenvalue weighted by atomic mass is 10.0. The van der Waals surface area contributed by atoms with Gasteiger partial charge in [-0.1, -0.05) is 30.3 Å². The predicted octanol–water partition coefficient (Wildman–Crippen LogP) is 1.68. The minimum Gasteiger partial charge on any atom is -0.391 e. The smallest absolute Gasteiger partial charge is 0.224 e. The number of aliphatic hydroxyl groups is 1. The van der Waals surface area contributed by atoms with Gasteiger partial charge in [0, 0.05) is 17.7 Å². The third-order valence-corrected chi connectivity index (χ3v) is 3.87. The van der Waals surface area contributed by atoms with Crippen molar-refractivity contribution in [3.05, 3.63) is 52.8 Å². The monoisotopic (exact) mass is 301 g/mol. The summed E-state index contributed by atoms with van der Waals surface area (Å²) in [6.07, 6.45) is 0.181. The molecule has 0 fully saturated rings. The summed E-state index contributed by atoms with van der Waals surface area (Å²) in [7, 11) is 0. The van der Waals surface area contributed by atoms with Crippen molar-refractivity contribution in [2.75, 3.05) is 0 Å². The number of benzene rings is 1. The number of aryl methyl sites for hydroxylation is 2. The molecule has 1 heterocycles. The maximum Gasteiger partial charge on any atom is 0.224 e. The first kappa shape index (κ1) is 16.2. The number of rotatable bonds is 6. The summed E-state index contributed by atoms with van der Waals surface area (Å²) in [6.45, 7) is 5.59. The summed E-state index contributed by atoms with van der Waals surface area (Å²) in [6, 6.07) is 9.45. The molecule has 0 unspecified atom stereocenters. The number of aliphatic hydroxyl groups excluding tert-OH is 1. The molecule has 0 aliphatic rings. The summed E-state index contributed by atoms with van der Waals surface area (Å²) in [5.74, 6) is -0.104. The Bertz CT molecular complexity index is 603. The largest absolute Gasteiger partial charge is 0.391 e. The molecular weight excluding hydrogens is 278 g/mol. The van der Waals surface area contributed by atoms with Crippen LogP contribution in [0.25, 0.3) is 0 Å². The Morgan fingerprint density at radius 3 is 2.59 bits per heavy atom. The van der Waals surface area contributed by atoms with Crippen molar-refractivity contribution in [2.24, 2.45) is 0 Å². The molecule has 0 saturated heterocycles. The number of H-pyrrole nitrogens is 1. The summed E-state index contributed by atoms with van der Waals surface area (Å²) in [4.78, 5) is 12.1. The molecule has 2 atom stereocenters. The van der Waals surface area contributed by atoms with Crippen molar-refractivity contribution >= 4 is 5.91 Å². The molecule has 0 radical (unpaired) electrons. The van der Waals surface area contributed by atoms with Crippen LogP contribution in [-0.4, -0.2) is 33.4 Å². The van der Waals surface area contributed by atoms with Gasteiger partial charge in [-0.25, -0.2) is 0 Å². The molecule has 22 heavy (non-hydrogen) atoms. The fraction of sp³-hybridized carbons (Fsp3) is 0.412. The van der Waals surface area contributed by atoms with Crippen molar-refractivity contribution in [3.63, 3.8) is 0 Å². The van der Waals surface area contributed by atoms with Gasteiger partial charge in [0.1, 0.15) is 0 Å². The van der Waals surface area contributed by atoms with Gasteiger partial charge in [0.15, 0.2) is 0 Å². The van der Waals surface area contributed by atoms with E-state index in [-0.39, 0.29) is 18.4 Å². The van der Waals surface area contributed by atoms with E-state index in [0.717, 1.165) is 22.5 Å². The van der Waals surface area contributed by atoms with Gasteiger partial charge < -0.3 is 10.4 Å². The Morgan fingerprint density at radius 1 is 1.32 bits per heavy atom. The quantitative estimate of drug-likeness (QED) is 0.759. The number of amides is 1. The van der Waals surface area contributed by atoms with Gasteiger partial charge in [-0.3, -0.25) is 9.89 Å².